The quantitative estimate of drug-likeness (QED) is 0.0792. The lowest BCUT2D eigenvalue weighted by molar-refractivity contribution is -0.145. The summed E-state index contributed by atoms with van der Waals surface area (Å²) in [6.45, 7) is 18.6. The standard InChI is InChI=1S/C63H79F3N10O11/c1-36-29-73(44(32-74(36)59(83)84)31-72-23-24-86-34-37(72)2)33-51(78)76-35-63(10,46-22-17-40(26-49(46)76)25-39-15-19-42(64)20-16-39)58(82)67-28-50(77)68-43-21-18-41-30-75(53(45(41)27-43)56(80)69-52-47(65)13-12-14-48(52)66)57(81)54(61(4,5)6)70-55(79)38(3)71(11)60(85)87-62(7,8)9/h12-22,26-27,36-38,44,53-54H,23-25,28-35H2,1-11H3,(H,67,82)(H,68,77)(H,69,80)(H,70,79)(H,83,84)/t36-,37-,38?,44+,53+,54?,63-/m1/s1. The molecular formula is C63H79F3N10O11. The Morgan fingerprint density at radius 2 is 1.52 bits per heavy atom. The second-order valence-corrected chi connectivity index (χ2v) is 25.4. The van der Waals surface area contributed by atoms with Crippen molar-refractivity contribution >= 4 is 64.7 Å². The number of likely N-dealkylation sites (N-methyl/N-ethyl adjacent to an activating group) is 1. The Morgan fingerprint density at radius 3 is 2.16 bits per heavy atom. The van der Waals surface area contributed by atoms with Gasteiger partial charge in [0.05, 0.1) is 31.7 Å². The molecule has 4 aromatic carbocycles. The molecule has 4 aromatic rings. The molecule has 4 aliphatic heterocycles. The number of carbonyl (C=O) groups excluding carboxylic acids is 7. The molecule has 2 saturated heterocycles. The minimum absolute atomic E-state index is 0.0674. The molecule has 87 heavy (non-hydrogen) atoms. The van der Waals surface area contributed by atoms with Gasteiger partial charge in [0, 0.05) is 75.8 Å². The first-order valence-corrected chi connectivity index (χ1v) is 29.1. The van der Waals surface area contributed by atoms with Gasteiger partial charge >= 0.3 is 12.2 Å². The monoisotopic (exact) mass is 1210 g/mol. The van der Waals surface area contributed by atoms with Crippen molar-refractivity contribution in [2.75, 3.05) is 81.6 Å². The van der Waals surface area contributed by atoms with Crippen LogP contribution < -0.4 is 26.2 Å². The lowest BCUT2D eigenvalue weighted by Crippen LogP contribution is -2.64. The van der Waals surface area contributed by atoms with Crippen molar-refractivity contribution in [1.29, 1.82) is 0 Å². The number of para-hydroxylation sites is 1. The van der Waals surface area contributed by atoms with Gasteiger partial charge in [-0.05, 0) is 131 Å². The van der Waals surface area contributed by atoms with Crippen LogP contribution in [0.1, 0.15) is 103 Å². The summed E-state index contributed by atoms with van der Waals surface area (Å²) >= 11 is 0. The van der Waals surface area contributed by atoms with Crippen LogP contribution in [0.3, 0.4) is 0 Å². The normalized spacial score (nSPS) is 21.2. The van der Waals surface area contributed by atoms with Gasteiger partial charge in [0.2, 0.25) is 29.5 Å². The number of nitrogens with one attached hydrogen (secondary N) is 4. The van der Waals surface area contributed by atoms with E-state index in [-0.39, 0.29) is 62.0 Å². The van der Waals surface area contributed by atoms with E-state index in [1.54, 1.807) is 84.6 Å². The molecule has 24 heteroatoms. The lowest BCUT2D eigenvalue weighted by atomic mass is 9.83. The minimum Gasteiger partial charge on any atom is -0.465 e. The molecule has 0 saturated carbocycles. The van der Waals surface area contributed by atoms with Crippen LogP contribution in [-0.4, -0.2) is 179 Å². The van der Waals surface area contributed by atoms with Gasteiger partial charge in [-0.2, -0.15) is 0 Å². The summed E-state index contributed by atoms with van der Waals surface area (Å²) in [7, 11) is 1.37. The first-order valence-electron chi connectivity index (χ1n) is 29.1. The highest BCUT2D eigenvalue weighted by molar-refractivity contribution is 6.05. The highest BCUT2D eigenvalue weighted by Gasteiger charge is 2.49. The van der Waals surface area contributed by atoms with E-state index in [2.05, 4.69) is 26.2 Å². The third kappa shape index (κ3) is 14.8. The molecule has 2 unspecified atom stereocenters. The summed E-state index contributed by atoms with van der Waals surface area (Å²) in [5.41, 5.74) is -0.773. The Hall–Kier alpha value is -8.09. The number of hydrogen-bond acceptors (Lipinski definition) is 12. The Kier molecular flexibility index (Phi) is 19.5. The molecule has 21 nitrogen and oxygen atoms in total. The molecule has 0 spiro atoms. The maximum Gasteiger partial charge on any atom is 0.410 e. The van der Waals surface area contributed by atoms with Crippen molar-refractivity contribution in [3.05, 3.63) is 124 Å². The molecule has 0 bridgehead atoms. The van der Waals surface area contributed by atoms with E-state index in [1.807, 2.05) is 24.0 Å². The van der Waals surface area contributed by atoms with E-state index < -0.39 is 112 Å². The first-order chi connectivity index (χ1) is 40.8. The SMILES string of the molecule is CC(C(=O)NC(C(=O)N1Cc2ccc(NC(=O)CNC(=O)[C@]3(C)CN(C(=O)CN4C[C@@H](C)N(C(=O)O)C[C@@H]4CN4CCOC[C@H]4C)c4cc(Cc5ccc(F)cc5)ccc43)cc2[C@H]1C(=O)Nc1c(F)cccc1F)C(C)(C)C)N(C)C(=O)OC(C)(C)C. The summed E-state index contributed by atoms with van der Waals surface area (Å²) < 4.78 is 55.3. The van der Waals surface area contributed by atoms with Gasteiger partial charge in [0.25, 0.3) is 5.91 Å². The fourth-order valence-corrected chi connectivity index (χ4v) is 11.5. The van der Waals surface area contributed by atoms with Crippen molar-refractivity contribution in [2.24, 2.45) is 5.41 Å². The number of ether oxygens (including phenoxy) is 2. The fourth-order valence-electron chi connectivity index (χ4n) is 11.5. The minimum atomic E-state index is -1.58. The predicted octanol–water partition coefficient (Wildman–Crippen LogP) is 6.64. The molecule has 0 aliphatic carbocycles. The summed E-state index contributed by atoms with van der Waals surface area (Å²) in [6, 6.07) is 14.3. The Bertz CT molecular complexity index is 3280. The molecule has 4 aliphatic rings. The number of rotatable bonds is 16. The van der Waals surface area contributed by atoms with Crippen LogP contribution in [-0.2, 0) is 56.6 Å². The largest absolute Gasteiger partial charge is 0.465 e. The van der Waals surface area contributed by atoms with Crippen LogP contribution in [0.4, 0.5) is 39.8 Å². The van der Waals surface area contributed by atoms with Crippen LogP contribution in [0.5, 0.6) is 0 Å². The van der Waals surface area contributed by atoms with E-state index in [0.717, 1.165) is 39.1 Å². The number of morpholine rings is 1. The topological polar surface area (TPSA) is 243 Å². The lowest BCUT2D eigenvalue weighted by Gasteiger charge is -2.47. The number of hydrogen-bond donors (Lipinski definition) is 5. The van der Waals surface area contributed by atoms with Crippen LogP contribution in [0.25, 0.3) is 0 Å². The van der Waals surface area contributed by atoms with E-state index in [4.69, 9.17) is 9.47 Å². The van der Waals surface area contributed by atoms with Gasteiger partial charge in [-0.1, -0.05) is 57.2 Å². The van der Waals surface area contributed by atoms with Gasteiger partial charge in [-0.15, -0.1) is 0 Å². The van der Waals surface area contributed by atoms with Gasteiger partial charge in [-0.25, -0.2) is 22.8 Å². The molecule has 4 heterocycles. The number of carbonyl (C=O) groups is 8. The second kappa shape index (κ2) is 26.1. The molecule has 2 fully saturated rings. The molecule has 0 aromatic heterocycles. The van der Waals surface area contributed by atoms with Crippen LogP contribution in [0.2, 0.25) is 0 Å². The highest BCUT2D eigenvalue weighted by atomic mass is 19.1. The number of nitrogens with zero attached hydrogens (tertiary/aromatic N) is 6. The number of fused-ring (bicyclic) bond motifs is 2. The number of anilines is 3. The first kappa shape index (κ1) is 64.9. The number of amides is 8. The zero-order valence-corrected chi connectivity index (χ0v) is 51.1. The smallest absolute Gasteiger partial charge is 0.410 e. The van der Waals surface area contributed by atoms with E-state index >= 15 is 8.78 Å². The summed E-state index contributed by atoms with van der Waals surface area (Å²) in [4.78, 5) is 122. The fraction of sp³-hybridized carbons (Fsp3) is 0.492. The highest BCUT2D eigenvalue weighted by Crippen LogP contribution is 2.43. The second-order valence-electron chi connectivity index (χ2n) is 25.4. The number of halogens is 3. The third-order valence-corrected chi connectivity index (χ3v) is 16.6. The third-order valence-electron chi connectivity index (χ3n) is 16.6. The summed E-state index contributed by atoms with van der Waals surface area (Å²) in [5.74, 6) is -6.67. The maximum absolute atomic E-state index is 15.1. The molecular weight excluding hydrogens is 1130 g/mol. The van der Waals surface area contributed by atoms with Crippen molar-refractivity contribution < 1.29 is 66.1 Å². The maximum atomic E-state index is 15.1. The number of benzene rings is 4. The van der Waals surface area contributed by atoms with Crippen molar-refractivity contribution in [1.82, 2.24) is 35.1 Å². The average Bonchev–Trinajstić information content (AvgIpc) is 1.71. The Morgan fingerprint density at radius 1 is 0.839 bits per heavy atom. The van der Waals surface area contributed by atoms with Crippen LogP contribution >= 0.6 is 0 Å². The van der Waals surface area contributed by atoms with Gasteiger partial charge < -0.3 is 50.5 Å². The van der Waals surface area contributed by atoms with E-state index in [0.29, 0.717) is 49.5 Å². The Balaban J connectivity index is 1.02. The molecule has 5 N–H and O–H groups in total. The van der Waals surface area contributed by atoms with E-state index in [1.165, 1.54) is 43.1 Å². The average molecular weight is 1210 g/mol. The molecule has 7 atom stereocenters. The number of piperazine rings is 1. The number of carboxylic acid groups (broad SMARTS) is 1. The van der Waals surface area contributed by atoms with Crippen molar-refractivity contribution in [3.63, 3.8) is 0 Å². The molecule has 8 amide bonds. The zero-order chi connectivity index (χ0) is 63.6. The molecule has 0 radical (unpaired) electrons. The summed E-state index contributed by atoms with van der Waals surface area (Å²) in [6.07, 6.45) is -1.46. The summed E-state index contributed by atoms with van der Waals surface area (Å²) in [5, 5.41) is 20.7. The van der Waals surface area contributed by atoms with Crippen LogP contribution in [0.15, 0.2) is 78.9 Å². The van der Waals surface area contributed by atoms with Crippen LogP contribution in [0, 0.1) is 22.9 Å². The van der Waals surface area contributed by atoms with Crippen molar-refractivity contribution in [3.8, 4) is 0 Å². The van der Waals surface area contributed by atoms with Crippen molar-refractivity contribution in [2.45, 2.75) is 129 Å². The van der Waals surface area contributed by atoms with Gasteiger partial charge in [-0.3, -0.25) is 43.5 Å². The molecule has 8 rings (SSSR count). The zero-order valence-electron chi connectivity index (χ0n) is 51.1. The van der Waals surface area contributed by atoms with E-state index in [9.17, 15) is 47.9 Å². The van der Waals surface area contributed by atoms with Gasteiger partial charge in [0.15, 0.2) is 0 Å². The molecule has 468 valence electrons. The predicted molar refractivity (Wildman–Crippen MR) is 318 cm³/mol. The van der Waals surface area contributed by atoms with Gasteiger partial charge in [0.1, 0.15) is 46.9 Å². The Labute approximate surface area is 504 Å².